The Kier molecular flexibility index (Phi) is 4.83. The van der Waals surface area contributed by atoms with Crippen LogP contribution in [-0.4, -0.2) is 17.3 Å². The van der Waals surface area contributed by atoms with E-state index in [2.05, 4.69) is 31.2 Å². The number of hydrogen-bond donors (Lipinski definition) is 1. The predicted octanol–water partition coefficient (Wildman–Crippen LogP) is 4.74. The second-order valence-electron chi connectivity index (χ2n) is 7.46. The van der Waals surface area contributed by atoms with Crippen molar-refractivity contribution in [1.29, 1.82) is 0 Å². The number of ether oxygens (including phenoxy) is 2. The smallest absolute Gasteiger partial charge is 0.198 e. The summed E-state index contributed by atoms with van der Waals surface area (Å²) in [6.45, 7) is 4.61. The second-order valence-corrected chi connectivity index (χ2v) is 7.87. The van der Waals surface area contributed by atoms with E-state index in [9.17, 15) is 5.11 Å². The summed E-state index contributed by atoms with van der Waals surface area (Å²) in [5.74, 6) is -0.835. The quantitative estimate of drug-likeness (QED) is 0.846. The Labute approximate surface area is 159 Å². The molecular weight excluding hydrogens is 348 g/mol. The molecule has 0 aromatic heterocycles. The van der Waals surface area contributed by atoms with Crippen molar-refractivity contribution in [2.45, 2.75) is 64.1 Å². The second kappa shape index (κ2) is 6.97. The molecule has 26 heavy (non-hydrogen) atoms. The summed E-state index contributed by atoms with van der Waals surface area (Å²) in [5, 5.41) is 11.0. The van der Waals surface area contributed by atoms with Gasteiger partial charge in [0.05, 0.1) is 18.8 Å². The normalized spacial score (nSPS) is 27.7. The van der Waals surface area contributed by atoms with Crippen LogP contribution in [0.15, 0.2) is 36.4 Å². The van der Waals surface area contributed by atoms with Crippen LogP contribution in [-0.2, 0) is 34.7 Å². The van der Waals surface area contributed by atoms with Gasteiger partial charge in [0.2, 0.25) is 0 Å². The van der Waals surface area contributed by atoms with Crippen LogP contribution in [0.25, 0.3) is 0 Å². The maximum Gasteiger partial charge on any atom is 0.198 e. The summed E-state index contributed by atoms with van der Waals surface area (Å²) in [4.78, 5) is 0. The molecule has 4 heteroatoms. The monoisotopic (exact) mass is 372 g/mol. The molecular formula is C22H25ClO3. The molecule has 2 aromatic carbocycles. The van der Waals surface area contributed by atoms with Gasteiger partial charge in [0.25, 0.3) is 0 Å². The van der Waals surface area contributed by atoms with Gasteiger partial charge in [0, 0.05) is 17.0 Å². The Balaban J connectivity index is 1.69. The molecule has 138 valence electrons. The van der Waals surface area contributed by atoms with Crippen molar-refractivity contribution in [1.82, 2.24) is 0 Å². The highest BCUT2D eigenvalue weighted by molar-refractivity contribution is 6.31. The van der Waals surface area contributed by atoms with E-state index in [1.807, 2.05) is 19.1 Å². The fourth-order valence-corrected chi connectivity index (χ4v) is 4.45. The molecule has 2 aromatic rings. The topological polar surface area (TPSA) is 38.7 Å². The minimum absolute atomic E-state index is 0.0367. The van der Waals surface area contributed by atoms with Crippen LogP contribution in [0.3, 0.4) is 0 Å². The maximum absolute atomic E-state index is 10.3. The van der Waals surface area contributed by atoms with Crippen LogP contribution in [0.1, 0.15) is 54.5 Å². The standard InChI is InChI=1S/C22H25ClO3/c1-3-15-4-6-16(7-5-15)11-18-19-13-25-22(20(19)8-9-21(18)23)12-17(24)10-14(2)26-22/h4-9,14,17,24H,3,10-13H2,1-2H3/t14-,17+,22?/m1/s1. The highest BCUT2D eigenvalue weighted by Crippen LogP contribution is 2.47. The summed E-state index contributed by atoms with van der Waals surface area (Å²) in [5.41, 5.74) is 5.79. The summed E-state index contributed by atoms with van der Waals surface area (Å²) in [6.07, 6.45) is 2.47. The first kappa shape index (κ1) is 18.0. The number of aliphatic hydroxyl groups excluding tert-OH is 1. The van der Waals surface area contributed by atoms with Gasteiger partial charge in [-0.1, -0.05) is 48.9 Å². The number of hydrogen-bond acceptors (Lipinski definition) is 3. The summed E-state index contributed by atoms with van der Waals surface area (Å²) in [7, 11) is 0. The summed E-state index contributed by atoms with van der Waals surface area (Å²) in [6, 6.07) is 12.6. The van der Waals surface area contributed by atoms with Crippen molar-refractivity contribution in [2.75, 3.05) is 0 Å². The molecule has 0 bridgehead atoms. The molecule has 2 aliphatic rings. The summed E-state index contributed by atoms with van der Waals surface area (Å²) < 4.78 is 12.3. The van der Waals surface area contributed by atoms with Crippen molar-refractivity contribution in [3.63, 3.8) is 0 Å². The minimum Gasteiger partial charge on any atom is -0.393 e. The zero-order valence-corrected chi connectivity index (χ0v) is 16.1. The van der Waals surface area contributed by atoms with Crippen LogP contribution in [0.4, 0.5) is 0 Å². The molecule has 1 spiro atoms. The number of fused-ring (bicyclic) bond motifs is 2. The Morgan fingerprint density at radius 1 is 1.15 bits per heavy atom. The van der Waals surface area contributed by atoms with Crippen molar-refractivity contribution in [3.8, 4) is 0 Å². The van der Waals surface area contributed by atoms with E-state index in [0.717, 1.165) is 34.6 Å². The molecule has 2 heterocycles. The molecule has 1 unspecified atom stereocenters. The van der Waals surface area contributed by atoms with Crippen molar-refractivity contribution in [2.24, 2.45) is 0 Å². The lowest BCUT2D eigenvalue weighted by atomic mass is 9.89. The number of aryl methyl sites for hydroxylation is 1. The van der Waals surface area contributed by atoms with Gasteiger partial charge >= 0.3 is 0 Å². The fourth-order valence-electron chi connectivity index (χ4n) is 4.20. The third kappa shape index (κ3) is 3.18. The molecule has 1 N–H and O–H groups in total. The first-order valence-electron chi connectivity index (χ1n) is 9.39. The van der Waals surface area contributed by atoms with E-state index in [1.165, 1.54) is 11.1 Å². The molecule has 0 amide bonds. The van der Waals surface area contributed by atoms with Crippen LogP contribution in [0, 0.1) is 0 Å². The first-order valence-corrected chi connectivity index (χ1v) is 9.77. The molecule has 3 atom stereocenters. The maximum atomic E-state index is 10.3. The van der Waals surface area contributed by atoms with Crippen LogP contribution < -0.4 is 0 Å². The van der Waals surface area contributed by atoms with E-state index in [-0.39, 0.29) is 6.10 Å². The van der Waals surface area contributed by atoms with Gasteiger partial charge in [-0.15, -0.1) is 0 Å². The average molecular weight is 373 g/mol. The molecule has 1 fully saturated rings. The van der Waals surface area contributed by atoms with Crippen LogP contribution >= 0.6 is 11.6 Å². The Morgan fingerprint density at radius 2 is 1.88 bits per heavy atom. The lowest BCUT2D eigenvalue weighted by Gasteiger charge is -2.39. The van der Waals surface area contributed by atoms with E-state index in [4.69, 9.17) is 21.1 Å². The van der Waals surface area contributed by atoms with Crippen molar-refractivity contribution < 1.29 is 14.6 Å². The zero-order chi connectivity index (χ0) is 18.3. The van der Waals surface area contributed by atoms with Gasteiger partial charge in [0.1, 0.15) is 0 Å². The highest BCUT2D eigenvalue weighted by atomic mass is 35.5. The number of benzene rings is 2. The zero-order valence-electron chi connectivity index (χ0n) is 15.3. The van der Waals surface area contributed by atoms with E-state index >= 15 is 0 Å². The molecule has 0 radical (unpaired) electrons. The van der Waals surface area contributed by atoms with Crippen molar-refractivity contribution >= 4 is 11.6 Å². The Hall–Kier alpha value is -1.39. The van der Waals surface area contributed by atoms with Crippen LogP contribution in [0.5, 0.6) is 0 Å². The molecule has 1 saturated heterocycles. The fraction of sp³-hybridized carbons (Fsp3) is 0.455. The lowest BCUT2D eigenvalue weighted by Crippen LogP contribution is -2.42. The van der Waals surface area contributed by atoms with Gasteiger partial charge in [0.15, 0.2) is 5.79 Å². The van der Waals surface area contributed by atoms with Gasteiger partial charge in [-0.25, -0.2) is 0 Å². The van der Waals surface area contributed by atoms with Crippen LogP contribution in [0.2, 0.25) is 5.02 Å². The van der Waals surface area contributed by atoms with Gasteiger partial charge in [-0.3, -0.25) is 0 Å². The van der Waals surface area contributed by atoms with E-state index < -0.39 is 11.9 Å². The third-order valence-electron chi connectivity index (χ3n) is 5.55. The number of rotatable bonds is 3. The largest absolute Gasteiger partial charge is 0.393 e. The first-order chi connectivity index (χ1) is 12.5. The average Bonchev–Trinajstić information content (AvgIpc) is 2.94. The third-order valence-corrected chi connectivity index (χ3v) is 5.90. The number of aliphatic hydroxyl groups is 1. The highest BCUT2D eigenvalue weighted by Gasteiger charge is 2.48. The van der Waals surface area contributed by atoms with Crippen molar-refractivity contribution in [3.05, 3.63) is 69.2 Å². The lowest BCUT2D eigenvalue weighted by molar-refractivity contribution is -0.295. The van der Waals surface area contributed by atoms with Gasteiger partial charge < -0.3 is 14.6 Å². The van der Waals surface area contributed by atoms with E-state index in [0.29, 0.717) is 19.4 Å². The molecule has 0 aliphatic carbocycles. The molecule has 0 saturated carbocycles. The Bertz CT molecular complexity index is 790. The Morgan fingerprint density at radius 3 is 2.58 bits per heavy atom. The summed E-state index contributed by atoms with van der Waals surface area (Å²) >= 11 is 6.56. The number of halogens is 1. The van der Waals surface area contributed by atoms with E-state index in [1.54, 1.807) is 0 Å². The molecule has 2 aliphatic heterocycles. The predicted molar refractivity (Wildman–Crippen MR) is 102 cm³/mol. The molecule has 4 rings (SSSR count). The van der Waals surface area contributed by atoms with Gasteiger partial charge in [-0.05, 0) is 54.5 Å². The molecule has 3 nitrogen and oxygen atoms in total. The SMILES string of the molecule is CCc1ccc(Cc2c(Cl)ccc3c2COC32C[C@@H](O)C[C@@H](C)O2)cc1. The minimum atomic E-state index is -0.835. The van der Waals surface area contributed by atoms with Gasteiger partial charge in [-0.2, -0.15) is 0 Å².